The normalized spacial score (nSPS) is 55.6. The van der Waals surface area contributed by atoms with Crippen molar-refractivity contribution in [1.29, 1.82) is 0 Å². The van der Waals surface area contributed by atoms with Gasteiger partial charge in [-0.2, -0.15) is 0 Å². The smallest absolute Gasteiger partial charge is 0.130 e. The van der Waals surface area contributed by atoms with E-state index in [2.05, 4.69) is 20.9 Å². The summed E-state index contributed by atoms with van der Waals surface area (Å²) in [6.45, 7) is -6.95. The first-order valence-electron chi connectivity index (χ1n) is 9.80. The number of aromatic nitrogens is 1. The quantitative estimate of drug-likeness (QED) is 0.726. The van der Waals surface area contributed by atoms with Gasteiger partial charge in [0.1, 0.15) is 10.4 Å². The average molecular weight is 267 g/mol. The second-order valence-electron chi connectivity index (χ2n) is 2.49. The minimum absolute atomic E-state index is 0.0824. The molecule has 1 aromatic heterocycles. The Labute approximate surface area is 110 Å². The van der Waals surface area contributed by atoms with Crippen molar-refractivity contribution in [1.82, 2.24) is 4.98 Å². The van der Waals surface area contributed by atoms with E-state index in [0.29, 0.717) is 0 Å². The van der Waals surface area contributed by atoms with Crippen LogP contribution >= 0.6 is 15.9 Å². The summed E-state index contributed by atoms with van der Waals surface area (Å²) in [6.07, 6.45) is -10.8. The second kappa shape index (κ2) is 4.30. The molecule has 76 valence electrons. The van der Waals surface area contributed by atoms with Crippen LogP contribution in [0.2, 0.25) is 0 Å². The standard InChI is InChI=1S/C11H15BrN2/c1-9-5-2-3-8-14(9)11-7-4-6-10(12)13-11/h4,6-7,9H,2-3,5,8H2,1H3/i1D3,2D2,3D2,5D2,8D2,9D. The van der Waals surface area contributed by atoms with Crippen LogP contribution in [0.25, 0.3) is 0 Å². The van der Waals surface area contributed by atoms with E-state index in [1.54, 1.807) is 0 Å². The molecule has 0 saturated carbocycles. The van der Waals surface area contributed by atoms with Gasteiger partial charge in [-0.15, -0.1) is 0 Å². The summed E-state index contributed by atoms with van der Waals surface area (Å²) in [5.41, 5.74) is 0. The molecule has 0 aromatic carbocycles. The minimum Gasteiger partial charge on any atom is -0.354 e. The molecule has 1 saturated heterocycles. The van der Waals surface area contributed by atoms with Crippen LogP contribution in [0, 0.1) is 0 Å². The molecule has 14 heavy (non-hydrogen) atoms. The molecule has 0 radical (unpaired) electrons. The molecule has 0 N–H and O–H groups in total. The molecule has 1 aromatic rings. The van der Waals surface area contributed by atoms with E-state index in [-0.39, 0.29) is 9.50 Å². The molecule has 0 amide bonds. The van der Waals surface area contributed by atoms with Gasteiger partial charge in [-0.25, -0.2) is 4.98 Å². The molecular weight excluding hydrogens is 240 g/mol. The fourth-order valence-corrected chi connectivity index (χ4v) is 1.31. The minimum atomic E-state index is -3.64. The highest BCUT2D eigenvalue weighted by Crippen LogP contribution is 2.23. The van der Waals surface area contributed by atoms with E-state index in [0.717, 1.165) is 6.07 Å². The Morgan fingerprint density at radius 1 is 1.71 bits per heavy atom. The molecule has 0 aliphatic carbocycles. The van der Waals surface area contributed by atoms with Crippen molar-refractivity contribution in [3.63, 3.8) is 0 Å². The molecule has 2 nitrogen and oxygen atoms in total. The Morgan fingerprint density at radius 3 is 3.43 bits per heavy atom. The summed E-state index contributed by atoms with van der Waals surface area (Å²) in [6, 6.07) is 0.348. The van der Waals surface area contributed by atoms with Crippen LogP contribution in [0.5, 0.6) is 0 Å². The maximum Gasteiger partial charge on any atom is 0.130 e. The van der Waals surface area contributed by atoms with Gasteiger partial charge >= 0.3 is 0 Å². The van der Waals surface area contributed by atoms with E-state index >= 15 is 0 Å². The number of halogens is 1. The zero-order valence-electron chi connectivity index (χ0n) is 19.0. The topological polar surface area (TPSA) is 16.1 Å². The van der Waals surface area contributed by atoms with Crippen LogP contribution in [0.3, 0.4) is 0 Å². The van der Waals surface area contributed by atoms with E-state index in [1.165, 1.54) is 12.1 Å². The number of piperidine rings is 1. The van der Waals surface area contributed by atoms with Crippen LogP contribution in [0.4, 0.5) is 5.82 Å². The van der Waals surface area contributed by atoms with Crippen molar-refractivity contribution < 1.29 is 16.4 Å². The van der Waals surface area contributed by atoms with Gasteiger partial charge in [0.25, 0.3) is 0 Å². The van der Waals surface area contributed by atoms with Gasteiger partial charge in [-0.1, -0.05) is 6.07 Å². The number of nitrogens with zero attached hydrogens (tertiary/aromatic N) is 2. The highest BCUT2D eigenvalue weighted by molar-refractivity contribution is 9.10. The van der Waals surface area contributed by atoms with E-state index in [9.17, 15) is 0 Å². The lowest BCUT2D eigenvalue weighted by Gasteiger charge is -2.34. The van der Waals surface area contributed by atoms with Gasteiger partial charge in [0.05, 0.1) is 1.37 Å². The predicted octanol–water partition coefficient (Wildman–Crippen LogP) is 3.22. The van der Waals surface area contributed by atoms with Crippen molar-refractivity contribution >= 4 is 21.7 Å². The number of rotatable bonds is 1. The van der Waals surface area contributed by atoms with Crippen molar-refractivity contribution in [2.24, 2.45) is 0 Å². The first-order valence-corrected chi connectivity index (χ1v) is 4.59. The molecule has 1 atom stereocenters. The van der Waals surface area contributed by atoms with Gasteiger partial charge in [0.2, 0.25) is 0 Å². The van der Waals surface area contributed by atoms with Gasteiger partial charge in [0, 0.05) is 27.6 Å². The molecule has 0 spiro atoms. The zero-order valence-corrected chi connectivity index (χ0v) is 8.59. The van der Waals surface area contributed by atoms with Gasteiger partial charge in [-0.05, 0) is 54.0 Å². The predicted molar refractivity (Wildman–Crippen MR) is 62.6 cm³/mol. The van der Waals surface area contributed by atoms with E-state index in [1.807, 2.05) is 0 Å². The molecule has 1 fully saturated rings. The van der Waals surface area contributed by atoms with Crippen LogP contribution in [-0.4, -0.2) is 17.5 Å². The first-order chi connectivity index (χ1) is 11.4. The highest BCUT2D eigenvalue weighted by Gasteiger charge is 2.19. The summed E-state index contributed by atoms with van der Waals surface area (Å²) in [4.78, 5) is 3.94. The third-order valence-corrected chi connectivity index (χ3v) is 2.01. The van der Waals surface area contributed by atoms with Crippen molar-refractivity contribution in [2.45, 2.75) is 32.0 Å². The number of hydrogen-bond acceptors (Lipinski definition) is 2. The Balaban J connectivity index is 2.97. The molecule has 1 aliphatic heterocycles. The Kier molecular flexibility index (Phi) is 0.913. The van der Waals surface area contributed by atoms with Crippen molar-refractivity contribution in [3.8, 4) is 0 Å². The Bertz CT molecular complexity index is 717. The number of pyridine rings is 1. The van der Waals surface area contributed by atoms with Crippen molar-refractivity contribution in [3.05, 3.63) is 22.8 Å². The van der Waals surface area contributed by atoms with E-state index < -0.39 is 44.3 Å². The van der Waals surface area contributed by atoms with E-state index in [4.69, 9.17) is 16.4 Å². The lowest BCUT2D eigenvalue weighted by atomic mass is 10.0. The lowest BCUT2D eigenvalue weighted by Crippen LogP contribution is -2.37. The van der Waals surface area contributed by atoms with Crippen molar-refractivity contribution in [2.75, 3.05) is 11.4 Å². The SMILES string of the molecule is [2H]C([2H])([2H])C1([2H])N(c2cccc(Br)n2)C([2H])([2H])C([2H])([2H])C([2H])([2H])C1([2H])[2H]. The van der Waals surface area contributed by atoms with Crippen LogP contribution in [-0.2, 0) is 0 Å². The molecular formula is C11H15BrN2. The summed E-state index contributed by atoms with van der Waals surface area (Å²) in [5, 5.41) is 0. The fraction of sp³-hybridized carbons (Fsp3) is 0.545. The zero-order chi connectivity index (χ0) is 20.6. The molecule has 0 bridgehead atoms. The van der Waals surface area contributed by atoms with Crippen LogP contribution in [0.1, 0.15) is 42.4 Å². The maximum atomic E-state index is 8.41. The highest BCUT2D eigenvalue weighted by atomic mass is 79.9. The van der Waals surface area contributed by atoms with Gasteiger partial charge in [0.15, 0.2) is 0 Å². The summed E-state index contributed by atoms with van der Waals surface area (Å²) in [7, 11) is 0. The first kappa shape index (κ1) is 2.97. The molecule has 1 unspecified atom stereocenters. The summed E-state index contributed by atoms with van der Waals surface area (Å²) in [5.74, 6) is -0.515. The Morgan fingerprint density at radius 2 is 2.64 bits per heavy atom. The lowest BCUT2D eigenvalue weighted by molar-refractivity contribution is 0.481. The summed E-state index contributed by atoms with van der Waals surface area (Å²) >= 11 is 3.01. The number of hydrogen-bond donors (Lipinski definition) is 0. The molecule has 3 heteroatoms. The van der Waals surface area contributed by atoms with Gasteiger partial charge < -0.3 is 4.90 Å². The third kappa shape index (κ3) is 2.08. The number of anilines is 1. The molecule has 1 aliphatic rings. The van der Waals surface area contributed by atoms with Crippen LogP contribution < -0.4 is 4.90 Å². The Hall–Kier alpha value is -0.570. The summed E-state index contributed by atoms with van der Waals surface area (Å²) < 4.78 is 95.5. The third-order valence-electron chi connectivity index (χ3n) is 1.56. The molecule has 2 heterocycles. The van der Waals surface area contributed by atoms with Crippen LogP contribution in [0.15, 0.2) is 22.8 Å². The average Bonchev–Trinajstić information content (AvgIpc) is 2.44. The fourth-order valence-electron chi connectivity index (χ4n) is 0.980. The monoisotopic (exact) mass is 266 g/mol. The maximum absolute atomic E-state index is 8.41. The largest absolute Gasteiger partial charge is 0.354 e. The second-order valence-corrected chi connectivity index (χ2v) is 3.30. The van der Waals surface area contributed by atoms with Gasteiger partial charge in [-0.3, -0.25) is 0 Å². The molecule has 2 rings (SSSR count).